The van der Waals surface area contributed by atoms with E-state index in [1.54, 1.807) is 19.1 Å². The lowest BCUT2D eigenvalue weighted by atomic mass is 10.1. The zero-order valence-electron chi connectivity index (χ0n) is 14.7. The molecule has 1 heterocycles. The van der Waals surface area contributed by atoms with Gasteiger partial charge in [0.2, 0.25) is 5.91 Å². The van der Waals surface area contributed by atoms with Crippen molar-refractivity contribution in [3.05, 3.63) is 82.1 Å². The minimum absolute atomic E-state index is 0.290. The van der Waals surface area contributed by atoms with Gasteiger partial charge in [0, 0.05) is 17.3 Å². The van der Waals surface area contributed by atoms with Crippen molar-refractivity contribution >= 4 is 11.6 Å². The van der Waals surface area contributed by atoms with Crippen LogP contribution in [0.5, 0.6) is 0 Å². The first-order valence-electron chi connectivity index (χ1n) is 8.28. The van der Waals surface area contributed by atoms with E-state index in [0.717, 1.165) is 4.68 Å². The SMILES string of the molecule is Cc1ccc(NC(=O)C(C)n2nc(-c3ccc(F)cc3)ccc2=O)cc1F. The van der Waals surface area contributed by atoms with Crippen LogP contribution in [0.15, 0.2) is 59.4 Å². The molecule has 0 radical (unpaired) electrons. The molecule has 0 aliphatic carbocycles. The molecule has 0 saturated heterocycles. The highest BCUT2D eigenvalue weighted by Crippen LogP contribution is 2.18. The Balaban J connectivity index is 1.86. The Kier molecular flexibility index (Phi) is 5.12. The molecule has 5 nitrogen and oxygen atoms in total. The second-order valence-corrected chi connectivity index (χ2v) is 6.14. The van der Waals surface area contributed by atoms with Gasteiger partial charge in [-0.2, -0.15) is 5.10 Å². The lowest BCUT2D eigenvalue weighted by Crippen LogP contribution is -2.33. The third kappa shape index (κ3) is 4.08. The summed E-state index contributed by atoms with van der Waals surface area (Å²) in [6, 6.07) is 11.9. The van der Waals surface area contributed by atoms with E-state index in [9.17, 15) is 18.4 Å². The molecule has 0 aliphatic rings. The van der Waals surface area contributed by atoms with Crippen LogP contribution in [-0.2, 0) is 4.79 Å². The lowest BCUT2D eigenvalue weighted by molar-refractivity contribution is -0.119. The van der Waals surface area contributed by atoms with Crippen LogP contribution in [0.1, 0.15) is 18.5 Å². The number of nitrogens with one attached hydrogen (secondary N) is 1. The van der Waals surface area contributed by atoms with Crippen LogP contribution < -0.4 is 10.9 Å². The number of carbonyl (C=O) groups excluding carboxylic acids is 1. The van der Waals surface area contributed by atoms with E-state index < -0.39 is 23.3 Å². The fraction of sp³-hybridized carbons (Fsp3) is 0.150. The van der Waals surface area contributed by atoms with Gasteiger partial charge < -0.3 is 5.32 Å². The number of hydrogen-bond acceptors (Lipinski definition) is 3. The third-order valence-corrected chi connectivity index (χ3v) is 4.15. The Labute approximate surface area is 154 Å². The number of rotatable bonds is 4. The van der Waals surface area contributed by atoms with Crippen molar-refractivity contribution in [1.82, 2.24) is 9.78 Å². The van der Waals surface area contributed by atoms with E-state index in [0.29, 0.717) is 16.8 Å². The predicted octanol–water partition coefficient (Wildman–Crippen LogP) is 3.70. The molecule has 7 heteroatoms. The maximum atomic E-state index is 13.6. The summed E-state index contributed by atoms with van der Waals surface area (Å²) >= 11 is 0. The maximum absolute atomic E-state index is 13.6. The molecular formula is C20H17F2N3O2. The molecule has 2 aromatic carbocycles. The number of aryl methyl sites for hydroxylation is 1. The molecule has 3 rings (SSSR count). The topological polar surface area (TPSA) is 64.0 Å². The van der Waals surface area contributed by atoms with Gasteiger partial charge in [-0.3, -0.25) is 9.59 Å². The van der Waals surface area contributed by atoms with E-state index >= 15 is 0 Å². The lowest BCUT2D eigenvalue weighted by Gasteiger charge is -2.15. The van der Waals surface area contributed by atoms with Gasteiger partial charge >= 0.3 is 0 Å². The first kappa shape index (κ1) is 18.4. The highest BCUT2D eigenvalue weighted by molar-refractivity contribution is 5.93. The Bertz CT molecular complexity index is 1050. The van der Waals surface area contributed by atoms with Crippen LogP contribution in [0.2, 0.25) is 0 Å². The summed E-state index contributed by atoms with van der Waals surface area (Å²) in [4.78, 5) is 24.6. The minimum Gasteiger partial charge on any atom is -0.324 e. The number of anilines is 1. The zero-order chi connectivity index (χ0) is 19.6. The molecule has 0 fully saturated rings. The molecule has 0 bridgehead atoms. The average Bonchev–Trinajstić information content (AvgIpc) is 2.65. The van der Waals surface area contributed by atoms with E-state index in [1.165, 1.54) is 49.4 Å². The van der Waals surface area contributed by atoms with Crippen molar-refractivity contribution < 1.29 is 13.6 Å². The Hall–Kier alpha value is -3.35. The Morgan fingerprint density at radius 1 is 1.07 bits per heavy atom. The van der Waals surface area contributed by atoms with Gasteiger partial charge in [0.15, 0.2) is 0 Å². The summed E-state index contributed by atoms with van der Waals surface area (Å²) in [5.41, 5.74) is 1.33. The van der Waals surface area contributed by atoms with Crippen molar-refractivity contribution in [1.29, 1.82) is 0 Å². The standard InChI is InChI=1S/C20H17F2N3O2/c1-12-3-8-16(11-17(12)22)23-20(27)13(2)25-19(26)10-9-18(24-25)14-4-6-15(21)7-5-14/h3-11,13H,1-2H3,(H,23,27). The van der Waals surface area contributed by atoms with E-state index in [4.69, 9.17) is 0 Å². The summed E-state index contributed by atoms with van der Waals surface area (Å²) in [6.45, 7) is 3.14. The Morgan fingerprint density at radius 3 is 2.44 bits per heavy atom. The van der Waals surface area contributed by atoms with Crippen molar-refractivity contribution in [3.8, 4) is 11.3 Å². The zero-order valence-corrected chi connectivity index (χ0v) is 14.7. The number of benzene rings is 2. The van der Waals surface area contributed by atoms with Crippen molar-refractivity contribution in [3.63, 3.8) is 0 Å². The van der Waals surface area contributed by atoms with E-state index in [1.807, 2.05) is 0 Å². The van der Waals surface area contributed by atoms with Crippen LogP contribution >= 0.6 is 0 Å². The van der Waals surface area contributed by atoms with Gasteiger partial charge in [0.05, 0.1) is 5.69 Å². The van der Waals surface area contributed by atoms with Gasteiger partial charge in [0.1, 0.15) is 17.7 Å². The largest absolute Gasteiger partial charge is 0.324 e. The number of carbonyl (C=O) groups is 1. The van der Waals surface area contributed by atoms with Crippen LogP contribution in [0.4, 0.5) is 14.5 Å². The average molecular weight is 369 g/mol. The third-order valence-electron chi connectivity index (χ3n) is 4.15. The molecule has 1 amide bonds. The number of aromatic nitrogens is 2. The highest BCUT2D eigenvalue weighted by atomic mass is 19.1. The number of amides is 1. The molecule has 3 aromatic rings. The van der Waals surface area contributed by atoms with E-state index in [-0.39, 0.29) is 11.5 Å². The predicted molar refractivity (Wildman–Crippen MR) is 98.4 cm³/mol. The van der Waals surface area contributed by atoms with Gasteiger partial charge in [-0.25, -0.2) is 13.5 Å². The molecular weight excluding hydrogens is 352 g/mol. The highest BCUT2D eigenvalue weighted by Gasteiger charge is 2.18. The fourth-order valence-corrected chi connectivity index (χ4v) is 2.51. The molecule has 1 unspecified atom stereocenters. The molecule has 138 valence electrons. The quantitative estimate of drug-likeness (QED) is 0.763. The van der Waals surface area contributed by atoms with Gasteiger partial charge in [-0.1, -0.05) is 6.07 Å². The summed E-state index contributed by atoms with van der Waals surface area (Å²) in [7, 11) is 0. The number of hydrogen-bond donors (Lipinski definition) is 1. The summed E-state index contributed by atoms with van der Waals surface area (Å²) in [5, 5.41) is 6.79. The minimum atomic E-state index is -0.928. The summed E-state index contributed by atoms with van der Waals surface area (Å²) < 4.78 is 27.8. The fourth-order valence-electron chi connectivity index (χ4n) is 2.51. The first-order chi connectivity index (χ1) is 12.8. The van der Waals surface area contributed by atoms with Gasteiger partial charge in [-0.15, -0.1) is 0 Å². The van der Waals surface area contributed by atoms with Crippen LogP contribution in [0, 0.1) is 18.6 Å². The molecule has 1 atom stereocenters. The van der Waals surface area contributed by atoms with Crippen LogP contribution in [-0.4, -0.2) is 15.7 Å². The van der Waals surface area contributed by atoms with Crippen LogP contribution in [0.25, 0.3) is 11.3 Å². The van der Waals surface area contributed by atoms with E-state index in [2.05, 4.69) is 10.4 Å². The summed E-state index contributed by atoms with van der Waals surface area (Å²) in [5.74, 6) is -1.33. The number of halogens is 2. The molecule has 0 saturated carbocycles. The van der Waals surface area contributed by atoms with Gasteiger partial charge in [-0.05, 0) is 61.9 Å². The molecule has 1 N–H and O–H groups in total. The summed E-state index contributed by atoms with van der Waals surface area (Å²) in [6.07, 6.45) is 0. The van der Waals surface area contributed by atoms with Crippen molar-refractivity contribution in [2.45, 2.75) is 19.9 Å². The molecule has 0 spiro atoms. The second kappa shape index (κ2) is 7.49. The smallest absolute Gasteiger partial charge is 0.267 e. The maximum Gasteiger partial charge on any atom is 0.267 e. The Morgan fingerprint density at radius 2 is 1.78 bits per heavy atom. The molecule has 1 aromatic heterocycles. The van der Waals surface area contributed by atoms with Crippen molar-refractivity contribution in [2.24, 2.45) is 0 Å². The normalized spacial score (nSPS) is 11.9. The van der Waals surface area contributed by atoms with Gasteiger partial charge in [0.25, 0.3) is 5.56 Å². The molecule has 0 aliphatic heterocycles. The van der Waals surface area contributed by atoms with Crippen molar-refractivity contribution in [2.75, 3.05) is 5.32 Å². The number of nitrogens with zero attached hydrogens (tertiary/aromatic N) is 2. The monoisotopic (exact) mass is 369 g/mol. The first-order valence-corrected chi connectivity index (χ1v) is 8.28. The second-order valence-electron chi connectivity index (χ2n) is 6.14. The van der Waals surface area contributed by atoms with Crippen LogP contribution in [0.3, 0.4) is 0 Å². The molecule has 27 heavy (non-hydrogen) atoms.